The lowest BCUT2D eigenvalue weighted by atomic mass is 9.99. The maximum absolute atomic E-state index is 5.97. The van der Waals surface area contributed by atoms with Gasteiger partial charge >= 0.3 is 0 Å². The van der Waals surface area contributed by atoms with Gasteiger partial charge < -0.3 is 15.0 Å². The Morgan fingerprint density at radius 3 is 2.84 bits per heavy atom. The predicted molar refractivity (Wildman–Crippen MR) is 74.3 cm³/mol. The van der Waals surface area contributed by atoms with Gasteiger partial charge in [-0.15, -0.1) is 0 Å². The molecule has 0 aliphatic heterocycles. The SMILES string of the molecule is CCc1ccc(OC)c(-c2c(C3CC3)noc2N)c1. The van der Waals surface area contributed by atoms with Crippen LogP contribution in [0.1, 0.15) is 36.9 Å². The number of nitrogens with two attached hydrogens (primary N) is 1. The van der Waals surface area contributed by atoms with Crippen LogP contribution < -0.4 is 10.5 Å². The predicted octanol–water partition coefficient (Wildman–Crippen LogP) is 3.37. The molecule has 4 nitrogen and oxygen atoms in total. The topological polar surface area (TPSA) is 61.3 Å². The van der Waals surface area contributed by atoms with Crippen LogP contribution in [0, 0.1) is 0 Å². The van der Waals surface area contributed by atoms with Crippen molar-refractivity contribution in [2.24, 2.45) is 0 Å². The maximum atomic E-state index is 5.97. The lowest BCUT2D eigenvalue weighted by Crippen LogP contribution is -1.94. The minimum atomic E-state index is 0.383. The Morgan fingerprint density at radius 2 is 2.21 bits per heavy atom. The highest BCUT2D eigenvalue weighted by molar-refractivity contribution is 5.80. The van der Waals surface area contributed by atoms with Gasteiger partial charge in [-0.25, -0.2) is 0 Å². The Balaban J connectivity index is 2.17. The van der Waals surface area contributed by atoms with Gasteiger partial charge in [0.2, 0.25) is 5.88 Å². The number of nitrogens with zero attached hydrogens (tertiary/aromatic N) is 1. The standard InChI is InChI=1S/C15H18N2O2/c1-3-9-4-7-12(18-2)11(8-9)13-14(10-5-6-10)17-19-15(13)16/h4,7-8,10H,3,5-6,16H2,1-2H3. The molecular weight excluding hydrogens is 240 g/mol. The van der Waals surface area contributed by atoms with E-state index >= 15 is 0 Å². The molecule has 4 heteroatoms. The molecule has 1 aliphatic rings. The molecule has 0 radical (unpaired) electrons. The molecule has 100 valence electrons. The molecule has 0 unspecified atom stereocenters. The van der Waals surface area contributed by atoms with Crippen LogP contribution in [0.15, 0.2) is 22.7 Å². The Bertz CT molecular complexity index is 600. The van der Waals surface area contributed by atoms with E-state index in [-0.39, 0.29) is 0 Å². The van der Waals surface area contributed by atoms with Crippen molar-refractivity contribution in [2.75, 3.05) is 12.8 Å². The van der Waals surface area contributed by atoms with Gasteiger partial charge in [0, 0.05) is 11.5 Å². The maximum Gasteiger partial charge on any atom is 0.230 e. The molecule has 3 rings (SSSR count). The average Bonchev–Trinajstić information content (AvgIpc) is 3.21. The number of aromatic nitrogens is 1. The molecule has 1 heterocycles. The second-order valence-corrected chi connectivity index (χ2v) is 4.97. The van der Waals surface area contributed by atoms with Crippen LogP contribution in [0.5, 0.6) is 5.75 Å². The molecule has 0 amide bonds. The molecule has 1 aromatic heterocycles. The minimum absolute atomic E-state index is 0.383. The first-order valence-electron chi connectivity index (χ1n) is 6.67. The van der Waals surface area contributed by atoms with Crippen molar-refractivity contribution in [2.45, 2.75) is 32.1 Å². The van der Waals surface area contributed by atoms with Crippen LogP contribution in [0.4, 0.5) is 5.88 Å². The summed E-state index contributed by atoms with van der Waals surface area (Å²) < 4.78 is 10.7. The van der Waals surface area contributed by atoms with Gasteiger partial charge in [0.15, 0.2) is 0 Å². The molecule has 0 bridgehead atoms. The van der Waals surface area contributed by atoms with E-state index in [0.29, 0.717) is 11.8 Å². The summed E-state index contributed by atoms with van der Waals surface area (Å²) in [4.78, 5) is 0. The van der Waals surface area contributed by atoms with E-state index in [9.17, 15) is 0 Å². The third kappa shape index (κ3) is 2.07. The Morgan fingerprint density at radius 1 is 1.42 bits per heavy atom. The van der Waals surface area contributed by atoms with Gasteiger partial charge in [-0.05, 0) is 37.0 Å². The van der Waals surface area contributed by atoms with E-state index in [0.717, 1.165) is 41.8 Å². The molecule has 2 N–H and O–H groups in total. The summed E-state index contributed by atoms with van der Waals surface area (Å²) in [6.45, 7) is 2.13. The van der Waals surface area contributed by atoms with Gasteiger partial charge in [-0.3, -0.25) is 0 Å². The van der Waals surface area contributed by atoms with Crippen molar-refractivity contribution in [3.05, 3.63) is 29.5 Å². The summed E-state index contributed by atoms with van der Waals surface area (Å²) in [5, 5.41) is 4.13. The van der Waals surface area contributed by atoms with Crippen molar-refractivity contribution >= 4 is 5.88 Å². The molecule has 19 heavy (non-hydrogen) atoms. The number of hydrogen-bond donors (Lipinski definition) is 1. The molecule has 0 saturated heterocycles. The zero-order chi connectivity index (χ0) is 13.4. The number of rotatable bonds is 4. The first-order valence-corrected chi connectivity index (χ1v) is 6.67. The third-order valence-electron chi connectivity index (χ3n) is 3.65. The van der Waals surface area contributed by atoms with Crippen molar-refractivity contribution in [1.82, 2.24) is 5.16 Å². The molecule has 0 spiro atoms. The third-order valence-corrected chi connectivity index (χ3v) is 3.65. The lowest BCUT2D eigenvalue weighted by Gasteiger charge is -2.10. The molecule has 1 aromatic carbocycles. The second kappa shape index (κ2) is 4.61. The number of hydrogen-bond acceptors (Lipinski definition) is 4. The second-order valence-electron chi connectivity index (χ2n) is 4.97. The first-order chi connectivity index (χ1) is 9.24. The molecule has 0 atom stereocenters. The normalized spacial score (nSPS) is 14.6. The fourth-order valence-corrected chi connectivity index (χ4v) is 2.39. The van der Waals surface area contributed by atoms with Crippen molar-refractivity contribution in [3.8, 4) is 16.9 Å². The van der Waals surface area contributed by atoms with E-state index in [4.69, 9.17) is 15.0 Å². The number of methoxy groups -OCH3 is 1. The largest absolute Gasteiger partial charge is 0.496 e. The molecule has 1 aliphatic carbocycles. The Labute approximate surface area is 112 Å². The van der Waals surface area contributed by atoms with Gasteiger partial charge in [-0.1, -0.05) is 18.1 Å². The molecular formula is C15H18N2O2. The van der Waals surface area contributed by atoms with E-state index in [1.54, 1.807) is 7.11 Å². The summed E-state index contributed by atoms with van der Waals surface area (Å²) in [5.74, 6) is 1.69. The molecule has 1 fully saturated rings. The van der Waals surface area contributed by atoms with E-state index in [1.807, 2.05) is 6.07 Å². The van der Waals surface area contributed by atoms with Crippen LogP contribution in [0.2, 0.25) is 0 Å². The highest BCUT2D eigenvalue weighted by Crippen LogP contribution is 2.47. The van der Waals surface area contributed by atoms with E-state index < -0.39 is 0 Å². The van der Waals surface area contributed by atoms with E-state index in [2.05, 4.69) is 24.2 Å². The smallest absolute Gasteiger partial charge is 0.230 e. The lowest BCUT2D eigenvalue weighted by molar-refractivity contribution is 0.416. The van der Waals surface area contributed by atoms with Gasteiger partial charge in [-0.2, -0.15) is 0 Å². The zero-order valence-corrected chi connectivity index (χ0v) is 11.3. The first kappa shape index (κ1) is 12.1. The quantitative estimate of drug-likeness (QED) is 0.913. The Kier molecular flexibility index (Phi) is 2.93. The van der Waals surface area contributed by atoms with Gasteiger partial charge in [0.25, 0.3) is 0 Å². The number of anilines is 1. The Hall–Kier alpha value is -1.97. The highest BCUT2D eigenvalue weighted by atomic mass is 16.5. The number of nitrogen functional groups attached to an aromatic ring is 1. The molecule has 2 aromatic rings. The average molecular weight is 258 g/mol. The summed E-state index contributed by atoms with van der Waals surface area (Å²) in [5.41, 5.74) is 10.1. The van der Waals surface area contributed by atoms with Crippen LogP contribution in [0.25, 0.3) is 11.1 Å². The summed E-state index contributed by atoms with van der Waals surface area (Å²) in [7, 11) is 1.67. The minimum Gasteiger partial charge on any atom is -0.496 e. The fraction of sp³-hybridized carbons (Fsp3) is 0.400. The number of ether oxygens (including phenoxy) is 1. The van der Waals surface area contributed by atoms with Crippen LogP contribution in [-0.4, -0.2) is 12.3 Å². The zero-order valence-electron chi connectivity index (χ0n) is 11.3. The summed E-state index contributed by atoms with van der Waals surface area (Å²) in [6.07, 6.45) is 3.30. The molecule has 1 saturated carbocycles. The summed E-state index contributed by atoms with van der Waals surface area (Å²) >= 11 is 0. The number of aryl methyl sites for hydroxylation is 1. The van der Waals surface area contributed by atoms with Crippen LogP contribution >= 0.6 is 0 Å². The fourth-order valence-electron chi connectivity index (χ4n) is 2.39. The van der Waals surface area contributed by atoms with Crippen molar-refractivity contribution in [3.63, 3.8) is 0 Å². The highest BCUT2D eigenvalue weighted by Gasteiger charge is 2.32. The van der Waals surface area contributed by atoms with Crippen molar-refractivity contribution < 1.29 is 9.26 Å². The van der Waals surface area contributed by atoms with Crippen molar-refractivity contribution in [1.29, 1.82) is 0 Å². The van der Waals surface area contributed by atoms with Crippen LogP contribution in [-0.2, 0) is 6.42 Å². The monoisotopic (exact) mass is 258 g/mol. The van der Waals surface area contributed by atoms with Gasteiger partial charge in [0.05, 0.1) is 18.4 Å². The van der Waals surface area contributed by atoms with Crippen LogP contribution in [0.3, 0.4) is 0 Å². The van der Waals surface area contributed by atoms with E-state index in [1.165, 1.54) is 5.56 Å². The summed E-state index contributed by atoms with van der Waals surface area (Å²) in [6, 6.07) is 6.17. The van der Waals surface area contributed by atoms with Gasteiger partial charge in [0.1, 0.15) is 5.75 Å². The number of benzene rings is 1.